The molecule has 0 aliphatic heterocycles. The van der Waals surface area contributed by atoms with E-state index in [1.165, 1.54) is 6.92 Å². The summed E-state index contributed by atoms with van der Waals surface area (Å²) in [6, 6.07) is 24.8. The summed E-state index contributed by atoms with van der Waals surface area (Å²) in [6.07, 6.45) is -0.138. The monoisotopic (exact) mass is 529 g/mol. The molecule has 7 heteroatoms. The van der Waals surface area contributed by atoms with E-state index in [0.29, 0.717) is 24.0 Å². The van der Waals surface area contributed by atoms with Crippen molar-refractivity contribution < 1.29 is 19.5 Å². The molecule has 4 N–H and O–H groups in total. The van der Waals surface area contributed by atoms with Gasteiger partial charge in [0.25, 0.3) is 5.91 Å². The summed E-state index contributed by atoms with van der Waals surface area (Å²) in [4.78, 5) is 38.4. The first-order chi connectivity index (χ1) is 18.5. The molecule has 0 unspecified atom stereocenters. The molecule has 0 fully saturated rings. The Kier molecular flexibility index (Phi) is 10.4. The second-order valence-electron chi connectivity index (χ2n) is 10.9. The highest BCUT2D eigenvalue weighted by atomic mass is 16.3. The summed E-state index contributed by atoms with van der Waals surface area (Å²) in [5.74, 6) is -0.916. The molecule has 0 heterocycles. The Balaban J connectivity index is 1.84. The highest BCUT2D eigenvalue weighted by Crippen LogP contribution is 2.17. The number of nitrogens with one attached hydrogen (secondary N) is 3. The van der Waals surface area contributed by atoms with Crippen LogP contribution < -0.4 is 16.0 Å². The molecule has 3 atom stereocenters. The van der Waals surface area contributed by atoms with Gasteiger partial charge in [-0.05, 0) is 49.9 Å². The van der Waals surface area contributed by atoms with Gasteiger partial charge in [0.05, 0.1) is 12.1 Å². The predicted molar refractivity (Wildman–Crippen MR) is 153 cm³/mol. The molecule has 0 radical (unpaired) electrons. The van der Waals surface area contributed by atoms with E-state index in [1.54, 1.807) is 12.1 Å². The molecule has 206 valence electrons. The third-order valence-corrected chi connectivity index (χ3v) is 6.25. The number of aliphatic hydroxyl groups is 1. The Morgan fingerprint density at radius 2 is 1.28 bits per heavy atom. The number of benzene rings is 3. The fourth-order valence-electron chi connectivity index (χ4n) is 4.43. The molecule has 0 aliphatic rings. The third-order valence-electron chi connectivity index (χ3n) is 6.25. The van der Waals surface area contributed by atoms with Crippen LogP contribution in [0.1, 0.15) is 54.7 Å². The zero-order chi connectivity index (χ0) is 28.4. The molecular weight excluding hydrogens is 490 g/mol. The van der Waals surface area contributed by atoms with Crippen molar-refractivity contribution in [3.05, 3.63) is 107 Å². The smallest absolute Gasteiger partial charge is 0.251 e. The lowest BCUT2D eigenvalue weighted by atomic mass is 9.93. The Labute approximate surface area is 231 Å². The van der Waals surface area contributed by atoms with Gasteiger partial charge in [0.1, 0.15) is 6.04 Å². The van der Waals surface area contributed by atoms with Crippen molar-refractivity contribution in [2.24, 2.45) is 0 Å². The van der Waals surface area contributed by atoms with Crippen LogP contribution in [0, 0.1) is 0 Å². The maximum atomic E-state index is 13.5. The average Bonchev–Trinajstić information content (AvgIpc) is 2.88. The first-order valence-corrected chi connectivity index (χ1v) is 13.3. The van der Waals surface area contributed by atoms with Crippen LogP contribution in [0.5, 0.6) is 0 Å². The largest absolute Gasteiger partial charge is 0.391 e. The number of hydrogen-bond donors (Lipinski definition) is 4. The van der Waals surface area contributed by atoms with Crippen molar-refractivity contribution in [2.75, 3.05) is 0 Å². The highest BCUT2D eigenvalue weighted by molar-refractivity contribution is 5.96. The first kappa shape index (κ1) is 29.6. The van der Waals surface area contributed by atoms with Crippen LogP contribution in [0.3, 0.4) is 0 Å². The summed E-state index contributed by atoms with van der Waals surface area (Å²) >= 11 is 0. The number of carbonyl (C=O) groups excluding carboxylic acids is 3. The van der Waals surface area contributed by atoms with Gasteiger partial charge < -0.3 is 21.1 Å². The van der Waals surface area contributed by atoms with Crippen LogP contribution in [-0.2, 0) is 28.9 Å². The highest BCUT2D eigenvalue weighted by Gasteiger charge is 2.28. The van der Waals surface area contributed by atoms with Gasteiger partial charge in [-0.1, -0.05) is 78.9 Å². The quantitative estimate of drug-likeness (QED) is 0.305. The third kappa shape index (κ3) is 9.69. The van der Waals surface area contributed by atoms with Crippen LogP contribution in [-0.4, -0.2) is 46.6 Å². The lowest BCUT2D eigenvalue weighted by molar-refractivity contribution is -0.129. The molecule has 0 saturated heterocycles. The van der Waals surface area contributed by atoms with Crippen LogP contribution in [0.4, 0.5) is 0 Å². The van der Waals surface area contributed by atoms with E-state index in [2.05, 4.69) is 16.0 Å². The Bertz CT molecular complexity index is 1240. The minimum Gasteiger partial charge on any atom is -0.391 e. The average molecular weight is 530 g/mol. The normalized spacial score (nSPS) is 13.6. The molecule has 0 aromatic heterocycles. The number of amides is 3. The first-order valence-electron chi connectivity index (χ1n) is 13.3. The van der Waals surface area contributed by atoms with Crippen LogP contribution in [0.25, 0.3) is 0 Å². The zero-order valence-electron chi connectivity index (χ0n) is 23.1. The number of carbonyl (C=O) groups is 3. The van der Waals surface area contributed by atoms with Gasteiger partial charge in [0, 0.05) is 30.9 Å². The van der Waals surface area contributed by atoms with Gasteiger partial charge in [-0.2, -0.15) is 0 Å². The van der Waals surface area contributed by atoms with E-state index in [1.807, 2.05) is 93.6 Å². The van der Waals surface area contributed by atoms with E-state index in [4.69, 9.17) is 0 Å². The van der Waals surface area contributed by atoms with Crippen molar-refractivity contribution in [1.82, 2.24) is 16.0 Å². The number of hydrogen-bond acceptors (Lipinski definition) is 4. The zero-order valence-corrected chi connectivity index (χ0v) is 23.1. The fraction of sp³-hybridized carbons (Fsp3) is 0.344. The Hall–Kier alpha value is -3.97. The van der Waals surface area contributed by atoms with Gasteiger partial charge in [-0.25, -0.2) is 0 Å². The fourth-order valence-corrected chi connectivity index (χ4v) is 4.43. The molecular formula is C32H39N3O4. The lowest BCUT2D eigenvalue weighted by Gasteiger charge is -2.28. The molecule has 3 aromatic carbocycles. The maximum Gasteiger partial charge on any atom is 0.251 e. The van der Waals surface area contributed by atoms with Crippen LogP contribution in [0.2, 0.25) is 0 Å². The topological polar surface area (TPSA) is 108 Å². The minimum atomic E-state index is -0.993. The summed E-state index contributed by atoms with van der Waals surface area (Å²) in [5, 5.41) is 20.1. The summed E-state index contributed by atoms with van der Waals surface area (Å²) in [5.41, 5.74) is 2.60. The summed E-state index contributed by atoms with van der Waals surface area (Å²) in [6.45, 7) is 7.11. The Morgan fingerprint density at radius 3 is 1.85 bits per heavy atom. The molecule has 3 amide bonds. The van der Waals surface area contributed by atoms with Crippen molar-refractivity contribution in [3.8, 4) is 0 Å². The van der Waals surface area contributed by atoms with Gasteiger partial charge in [-0.15, -0.1) is 0 Å². The molecule has 7 nitrogen and oxygen atoms in total. The van der Waals surface area contributed by atoms with Gasteiger partial charge in [0.2, 0.25) is 11.8 Å². The minimum absolute atomic E-state index is 0.162. The van der Waals surface area contributed by atoms with Gasteiger partial charge >= 0.3 is 0 Å². The maximum absolute atomic E-state index is 13.5. The van der Waals surface area contributed by atoms with Crippen LogP contribution >= 0.6 is 0 Å². The summed E-state index contributed by atoms with van der Waals surface area (Å²) in [7, 11) is 0. The molecule has 0 aliphatic carbocycles. The van der Waals surface area contributed by atoms with E-state index >= 15 is 0 Å². The van der Waals surface area contributed by atoms with Crippen LogP contribution in [0.15, 0.2) is 84.9 Å². The number of aliphatic hydroxyl groups excluding tert-OH is 1. The molecule has 39 heavy (non-hydrogen) atoms. The predicted octanol–water partition coefficient (Wildman–Crippen LogP) is 3.59. The molecule has 3 aromatic rings. The van der Waals surface area contributed by atoms with Gasteiger partial charge in [0.15, 0.2) is 0 Å². The van der Waals surface area contributed by atoms with E-state index in [-0.39, 0.29) is 24.1 Å². The van der Waals surface area contributed by atoms with Crippen molar-refractivity contribution >= 4 is 17.7 Å². The SMILES string of the molecule is CC(=O)N[C@H](Cc1ccccc1)C(=O)N[C@@H](Cc1ccccc1)[C@H](O)Cc1ccccc1C(=O)NC(C)(C)C. The number of rotatable bonds is 11. The second-order valence-corrected chi connectivity index (χ2v) is 10.9. The summed E-state index contributed by atoms with van der Waals surface area (Å²) < 4.78 is 0. The standard InChI is InChI=1S/C32H39N3O4/c1-22(36)33-28(20-24-15-9-6-10-16-24)31(39)34-27(19-23-13-7-5-8-14-23)29(37)21-25-17-11-12-18-26(25)30(38)35-32(2,3)4/h5-18,27-29,37H,19-21H2,1-4H3,(H,33,36)(H,34,39)(H,35,38)/t27-,28+,29+/m0/s1. The van der Waals surface area contributed by atoms with Crippen molar-refractivity contribution in [3.63, 3.8) is 0 Å². The Morgan fingerprint density at radius 1 is 0.744 bits per heavy atom. The molecule has 0 bridgehead atoms. The van der Waals surface area contributed by atoms with Crippen molar-refractivity contribution in [1.29, 1.82) is 0 Å². The molecule has 0 spiro atoms. The van der Waals surface area contributed by atoms with Gasteiger partial charge in [-0.3, -0.25) is 14.4 Å². The van der Waals surface area contributed by atoms with Crippen molar-refractivity contribution in [2.45, 2.75) is 70.7 Å². The van der Waals surface area contributed by atoms with E-state index < -0.39 is 23.7 Å². The molecule has 3 rings (SSSR count). The molecule has 0 saturated carbocycles. The second kappa shape index (κ2) is 13.7. The van der Waals surface area contributed by atoms with E-state index in [9.17, 15) is 19.5 Å². The lowest BCUT2D eigenvalue weighted by Crippen LogP contribution is -2.54. The van der Waals surface area contributed by atoms with E-state index in [0.717, 1.165) is 11.1 Å².